The van der Waals surface area contributed by atoms with E-state index in [0.29, 0.717) is 13.2 Å². The van der Waals surface area contributed by atoms with Crippen molar-refractivity contribution in [1.29, 1.82) is 0 Å². The highest BCUT2D eigenvalue weighted by molar-refractivity contribution is 7.90. The summed E-state index contributed by atoms with van der Waals surface area (Å²) in [5, 5.41) is 16.4. The van der Waals surface area contributed by atoms with Crippen LogP contribution in [0.1, 0.15) is 33.6 Å². The molecule has 3 rings (SSSR count). The Bertz CT molecular complexity index is 1130. The quantitative estimate of drug-likeness (QED) is 0.489. The van der Waals surface area contributed by atoms with Crippen LogP contribution in [0.4, 0.5) is 11.4 Å². The van der Waals surface area contributed by atoms with Crippen LogP contribution in [0, 0.1) is 10.1 Å². The highest BCUT2D eigenvalue weighted by Gasteiger charge is 2.21. The number of carbonyl (C=O) groups is 2. The number of rotatable bonds is 7. The number of ether oxygens (including phenoxy) is 1. The largest absolute Gasteiger partial charge is 0.376 e. The Labute approximate surface area is 178 Å². The molecule has 1 aliphatic heterocycles. The minimum atomic E-state index is -3.79. The molecular weight excluding hydrogens is 426 g/mol. The first kappa shape index (κ1) is 22.4. The van der Waals surface area contributed by atoms with Gasteiger partial charge in [-0.25, -0.2) is 8.42 Å². The summed E-state index contributed by atoms with van der Waals surface area (Å²) in [5.74, 6) is -1.20. The molecule has 0 bridgehead atoms. The first-order chi connectivity index (χ1) is 14.6. The van der Waals surface area contributed by atoms with Crippen LogP contribution >= 0.6 is 0 Å². The van der Waals surface area contributed by atoms with E-state index in [4.69, 9.17) is 4.74 Å². The zero-order valence-corrected chi connectivity index (χ0v) is 17.5. The minimum absolute atomic E-state index is 0.0509. The lowest BCUT2D eigenvalue weighted by atomic mass is 10.1. The lowest BCUT2D eigenvalue weighted by molar-refractivity contribution is -0.385. The van der Waals surface area contributed by atoms with E-state index in [1.165, 1.54) is 12.1 Å². The first-order valence-electron chi connectivity index (χ1n) is 9.45. The SMILES string of the molecule is CS(=O)(=O)c1cc(C(=O)Nc2ccccc2C(=O)NCC2CCCO2)cc([N+](=O)[O-])c1. The number of nitrogens with zero attached hydrogens (tertiary/aromatic N) is 1. The van der Waals surface area contributed by atoms with Crippen molar-refractivity contribution in [3.63, 3.8) is 0 Å². The van der Waals surface area contributed by atoms with Gasteiger partial charge >= 0.3 is 0 Å². The van der Waals surface area contributed by atoms with Gasteiger partial charge in [-0.15, -0.1) is 0 Å². The van der Waals surface area contributed by atoms with Gasteiger partial charge in [-0.05, 0) is 31.0 Å². The standard InChI is InChI=1S/C20H21N3O7S/c1-31(28,29)16-10-13(9-14(11-16)23(26)27)19(24)22-18-7-3-2-6-17(18)20(25)21-12-15-5-4-8-30-15/h2-3,6-7,9-11,15H,4-5,8,12H2,1H3,(H,21,25)(H,22,24). The smallest absolute Gasteiger partial charge is 0.271 e. The van der Waals surface area contributed by atoms with Crippen molar-refractivity contribution in [1.82, 2.24) is 5.32 Å². The van der Waals surface area contributed by atoms with Crippen molar-refractivity contribution in [2.75, 3.05) is 24.7 Å². The summed E-state index contributed by atoms with van der Waals surface area (Å²) in [6.45, 7) is 0.996. The fourth-order valence-electron chi connectivity index (χ4n) is 3.13. The third-order valence-electron chi connectivity index (χ3n) is 4.73. The molecule has 1 saturated heterocycles. The van der Waals surface area contributed by atoms with Crippen molar-refractivity contribution in [2.45, 2.75) is 23.8 Å². The number of carbonyl (C=O) groups excluding carboxylic acids is 2. The summed E-state index contributed by atoms with van der Waals surface area (Å²) >= 11 is 0. The Balaban J connectivity index is 1.83. The molecule has 2 aromatic carbocycles. The van der Waals surface area contributed by atoms with Gasteiger partial charge in [-0.1, -0.05) is 12.1 Å². The fraction of sp³-hybridized carbons (Fsp3) is 0.300. The molecule has 2 aromatic rings. The zero-order valence-electron chi connectivity index (χ0n) is 16.7. The first-order valence-corrected chi connectivity index (χ1v) is 11.3. The number of hydrogen-bond donors (Lipinski definition) is 2. The number of nitro benzene ring substituents is 1. The zero-order chi connectivity index (χ0) is 22.6. The maximum absolute atomic E-state index is 12.7. The van der Waals surface area contributed by atoms with E-state index in [1.807, 2.05) is 0 Å². The van der Waals surface area contributed by atoms with E-state index in [1.54, 1.807) is 12.1 Å². The van der Waals surface area contributed by atoms with Crippen LogP contribution in [0.5, 0.6) is 0 Å². The molecule has 1 atom stereocenters. The molecule has 11 heteroatoms. The van der Waals surface area contributed by atoms with Crippen LogP contribution in [-0.4, -0.2) is 50.7 Å². The Hall–Kier alpha value is -3.31. The molecule has 0 spiro atoms. The second-order valence-corrected chi connectivity index (χ2v) is 9.11. The number of non-ortho nitro benzene ring substituents is 1. The molecule has 0 aliphatic carbocycles. The lowest BCUT2D eigenvalue weighted by Gasteiger charge is -2.14. The number of para-hydroxylation sites is 1. The van der Waals surface area contributed by atoms with Crippen molar-refractivity contribution >= 4 is 33.0 Å². The third kappa shape index (κ3) is 5.64. The van der Waals surface area contributed by atoms with Crippen LogP contribution in [0.3, 0.4) is 0 Å². The molecule has 0 radical (unpaired) electrons. The second-order valence-electron chi connectivity index (χ2n) is 7.09. The van der Waals surface area contributed by atoms with Gasteiger partial charge in [0, 0.05) is 37.1 Å². The number of nitrogens with one attached hydrogen (secondary N) is 2. The molecule has 31 heavy (non-hydrogen) atoms. The number of hydrogen-bond acceptors (Lipinski definition) is 7. The Kier molecular flexibility index (Phi) is 6.66. The summed E-state index contributed by atoms with van der Waals surface area (Å²) in [6.07, 6.45) is 2.63. The van der Waals surface area contributed by atoms with Crippen LogP contribution in [-0.2, 0) is 14.6 Å². The molecule has 2 N–H and O–H groups in total. The number of benzene rings is 2. The monoisotopic (exact) mass is 447 g/mol. The molecule has 164 valence electrons. The molecule has 0 aromatic heterocycles. The van der Waals surface area contributed by atoms with Gasteiger partial charge in [0.05, 0.1) is 27.2 Å². The molecule has 1 fully saturated rings. The molecular formula is C20H21N3O7S. The van der Waals surface area contributed by atoms with Gasteiger partial charge in [0.1, 0.15) is 0 Å². The summed E-state index contributed by atoms with van der Waals surface area (Å²) in [6, 6.07) is 9.19. The number of sulfone groups is 1. The second kappa shape index (κ2) is 9.23. The van der Waals surface area contributed by atoms with E-state index in [-0.39, 0.29) is 27.8 Å². The normalized spacial score (nSPS) is 16.0. The number of amides is 2. The van der Waals surface area contributed by atoms with E-state index in [9.17, 15) is 28.1 Å². The predicted octanol–water partition coefficient (Wildman–Crippen LogP) is 2.16. The highest BCUT2D eigenvalue weighted by atomic mass is 32.2. The average molecular weight is 447 g/mol. The van der Waals surface area contributed by atoms with Crippen molar-refractivity contribution in [3.05, 3.63) is 63.7 Å². The van der Waals surface area contributed by atoms with Gasteiger partial charge in [-0.3, -0.25) is 19.7 Å². The topological polar surface area (TPSA) is 145 Å². The van der Waals surface area contributed by atoms with E-state index >= 15 is 0 Å². The van der Waals surface area contributed by atoms with Crippen LogP contribution in [0.15, 0.2) is 47.4 Å². The third-order valence-corrected chi connectivity index (χ3v) is 5.82. The summed E-state index contributed by atoms with van der Waals surface area (Å²) in [7, 11) is -3.79. The van der Waals surface area contributed by atoms with Crippen molar-refractivity contribution in [3.8, 4) is 0 Å². The predicted molar refractivity (Wildman–Crippen MR) is 112 cm³/mol. The molecule has 1 unspecified atom stereocenters. The van der Waals surface area contributed by atoms with E-state index < -0.39 is 32.3 Å². The fourth-order valence-corrected chi connectivity index (χ4v) is 3.80. The van der Waals surface area contributed by atoms with Crippen molar-refractivity contribution in [2.24, 2.45) is 0 Å². The van der Waals surface area contributed by atoms with Gasteiger partial charge in [-0.2, -0.15) is 0 Å². The highest BCUT2D eigenvalue weighted by Crippen LogP contribution is 2.23. The lowest BCUT2D eigenvalue weighted by Crippen LogP contribution is -2.32. The van der Waals surface area contributed by atoms with Crippen LogP contribution in [0.2, 0.25) is 0 Å². The van der Waals surface area contributed by atoms with E-state index in [0.717, 1.165) is 37.3 Å². The summed E-state index contributed by atoms with van der Waals surface area (Å²) < 4.78 is 29.2. The Morgan fingerprint density at radius 3 is 2.58 bits per heavy atom. The molecule has 1 heterocycles. The molecule has 2 amide bonds. The van der Waals surface area contributed by atoms with Crippen molar-refractivity contribution < 1.29 is 27.7 Å². The van der Waals surface area contributed by atoms with Gasteiger partial charge in [0.2, 0.25) is 0 Å². The van der Waals surface area contributed by atoms with Gasteiger partial charge in [0.25, 0.3) is 17.5 Å². The molecule has 0 saturated carbocycles. The van der Waals surface area contributed by atoms with Gasteiger partial charge in [0.15, 0.2) is 9.84 Å². The van der Waals surface area contributed by atoms with Gasteiger partial charge < -0.3 is 15.4 Å². The average Bonchev–Trinajstić information content (AvgIpc) is 3.25. The van der Waals surface area contributed by atoms with Crippen LogP contribution < -0.4 is 10.6 Å². The molecule has 1 aliphatic rings. The maximum atomic E-state index is 12.7. The Morgan fingerprint density at radius 2 is 1.94 bits per heavy atom. The molecule has 10 nitrogen and oxygen atoms in total. The minimum Gasteiger partial charge on any atom is -0.376 e. The Morgan fingerprint density at radius 1 is 1.19 bits per heavy atom. The summed E-state index contributed by atoms with van der Waals surface area (Å²) in [5.41, 5.74) is -0.368. The van der Waals surface area contributed by atoms with E-state index in [2.05, 4.69) is 10.6 Å². The maximum Gasteiger partial charge on any atom is 0.271 e. The number of anilines is 1. The summed E-state index contributed by atoms with van der Waals surface area (Å²) in [4.78, 5) is 35.3. The number of nitro groups is 1. The van der Waals surface area contributed by atoms with Crippen LogP contribution in [0.25, 0.3) is 0 Å².